The maximum atomic E-state index is 13.4. The molecule has 2 aliphatic heterocycles. The van der Waals surface area contributed by atoms with Crippen molar-refractivity contribution in [1.82, 2.24) is 31.5 Å². The van der Waals surface area contributed by atoms with Crippen molar-refractivity contribution < 1.29 is 83.0 Å². The highest BCUT2D eigenvalue weighted by molar-refractivity contribution is 5.69. The molecule has 3 aliphatic rings. The minimum absolute atomic E-state index is 0.0378. The van der Waals surface area contributed by atoms with E-state index < -0.39 is 121 Å². The zero-order valence-corrected chi connectivity index (χ0v) is 38.9. The van der Waals surface area contributed by atoms with Crippen LogP contribution in [0.15, 0.2) is 11.8 Å². The number of alkyl carbamates (subject to hydrolysis) is 3. The first kappa shape index (κ1) is 54.6. The lowest BCUT2D eigenvalue weighted by atomic mass is 9.82. The molecular weight excluding hydrogens is 848 g/mol. The molecule has 12 atom stereocenters. The zero-order chi connectivity index (χ0) is 48.4. The molecule has 0 radical (unpaired) electrons. The van der Waals surface area contributed by atoms with Gasteiger partial charge in [0, 0.05) is 32.7 Å². The first-order chi connectivity index (χ1) is 29.5. The van der Waals surface area contributed by atoms with Crippen molar-refractivity contribution in [3.63, 3.8) is 0 Å². The number of nitrogens with one attached hydrogen (secondary N) is 5. The largest absolute Gasteiger partial charge is 0.466 e. The molecular formula is C41H74N6O17. The molecule has 1 saturated heterocycles. The maximum absolute atomic E-state index is 13.4. The van der Waals surface area contributed by atoms with E-state index in [0.717, 1.165) is 11.9 Å². The van der Waals surface area contributed by atoms with Gasteiger partial charge in [0.15, 0.2) is 6.29 Å². The van der Waals surface area contributed by atoms with Crippen LogP contribution >= 0.6 is 0 Å². The molecule has 0 spiro atoms. The first-order valence-electron chi connectivity index (χ1n) is 21.5. The molecule has 11 N–H and O–H groups in total. The molecule has 23 nitrogen and oxygen atoms in total. The highest BCUT2D eigenvalue weighted by atomic mass is 16.7. The summed E-state index contributed by atoms with van der Waals surface area (Å²) in [5, 5.41) is 79.5. The van der Waals surface area contributed by atoms with E-state index in [1.54, 1.807) is 68.4 Å². The molecule has 1 saturated carbocycles. The Morgan fingerprint density at radius 2 is 1.39 bits per heavy atom. The van der Waals surface area contributed by atoms with Crippen LogP contribution in [0, 0.1) is 0 Å². The summed E-state index contributed by atoms with van der Waals surface area (Å²) in [6, 6.07) is -4.46. The summed E-state index contributed by atoms with van der Waals surface area (Å²) in [5.41, 5.74) is -4.41. The second-order valence-corrected chi connectivity index (χ2v) is 19.5. The molecule has 0 aromatic heterocycles. The number of amides is 4. The summed E-state index contributed by atoms with van der Waals surface area (Å²) < 4.78 is 41.2. The second kappa shape index (κ2) is 23.1. The van der Waals surface area contributed by atoms with Crippen molar-refractivity contribution in [2.45, 2.75) is 178 Å². The Bertz CT molecular complexity index is 1570. The highest BCUT2D eigenvalue weighted by Crippen LogP contribution is 2.34. The van der Waals surface area contributed by atoms with Crippen LogP contribution in [0.25, 0.3) is 0 Å². The van der Waals surface area contributed by atoms with E-state index in [1.165, 1.54) is 6.92 Å². The molecule has 3 rings (SSSR count). The Balaban J connectivity index is 2.03. The van der Waals surface area contributed by atoms with Crippen molar-refractivity contribution in [2.75, 3.05) is 46.4 Å². The van der Waals surface area contributed by atoms with Crippen LogP contribution in [0.4, 0.5) is 19.2 Å². The van der Waals surface area contributed by atoms with Gasteiger partial charge in [-0.25, -0.2) is 19.2 Å². The molecule has 2 fully saturated rings. The summed E-state index contributed by atoms with van der Waals surface area (Å²) in [4.78, 5) is 51.5. The van der Waals surface area contributed by atoms with Gasteiger partial charge in [0.1, 0.15) is 52.6 Å². The fraction of sp³-hybridized carbons (Fsp3) is 0.854. The number of aliphatic hydroxyl groups is 5. The van der Waals surface area contributed by atoms with Crippen LogP contribution in [-0.2, 0) is 33.2 Å². The molecule has 0 bridgehead atoms. The third kappa shape index (κ3) is 17.5. The lowest BCUT2D eigenvalue weighted by Gasteiger charge is -2.50. The van der Waals surface area contributed by atoms with E-state index in [-0.39, 0.29) is 52.0 Å². The van der Waals surface area contributed by atoms with Crippen molar-refractivity contribution in [1.29, 1.82) is 0 Å². The number of ether oxygens (including phenoxy) is 7. The average molecular weight is 923 g/mol. The van der Waals surface area contributed by atoms with Crippen molar-refractivity contribution in [3.8, 4) is 0 Å². The predicted octanol–water partition coefficient (Wildman–Crippen LogP) is 0.201. The van der Waals surface area contributed by atoms with Crippen LogP contribution in [0.1, 0.15) is 88.5 Å². The van der Waals surface area contributed by atoms with Crippen molar-refractivity contribution in [3.05, 3.63) is 11.8 Å². The minimum Gasteiger partial charge on any atom is -0.466 e. The first-order valence-corrected chi connectivity index (χ1v) is 21.5. The molecule has 23 heteroatoms. The smallest absolute Gasteiger partial charge is 0.408 e. The van der Waals surface area contributed by atoms with E-state index in [0.29, 0.717) is 5.76 Å². The molecule has 370 valence electrons. The van der Waals surface area contributed by atoms with E-state index in [2.05, 4.69) is 26.6 Å². The number of aliphatic hydroxyl groups excluding tert-OH is 4. The van der Waals surface area contributed by atoms with Gasteiger partial charge in [-0.1, -0.05) is 0 Å². The van der Waals surface area contributed by atoms with Crippen LogP contribution < -0.4 is 26.6 Å². The third-order valence-electron chi connectivity index (χ3n) is 10.0. The van der Waals surface area contributed by atoms with E-state index in [1.807, 2.05) is 0 Å². The van der Waals surface area contributed by atoms with Gasteiger partial charge in [-0.2, -0.15) is 0 Å². The number of carbonyl (C=O) groups excluding carboxylic acids is 3. The van der Waals surface area contributed by atoms with Gasteiger partial charge in [0.05, 0.1) is 44.0 Å². The lowest BCUT2D eigenvalue weighted by molar-refractivity contribution is -0.311. The van der Waals surface area contributed by atoms with Crippen molar-refractivity contribution in [2.24, 2.45) is 0 Å². The Morgan fingerprint density at radius 3 is 1.95 bits per heavy atom. The average Bonchev–Trinajstić information content (AvgIpc) is 3.13. The van der Waals surface area contributed by atoms with E-state index >= 15 is 0 Å². The number of hydrogen-bond acceptors (Lipinski definition) is 18. The summed E-state index contributed by atoms with van der Waals surface area (Å²) in [6.45, 7) is 16.1. The number of hydrogen-bond donors (Lipinski definition) is 11. The quantitative estimate of drug-likeness (QED) is 0.0686. The minimum atomic E-state index is -1.87. The fourth-order valence-corrected chi connectivity index (χ4v) is 7.31. The number of nitrogens with zero attached hydrogens (tertiary/aromatic N) is 1. The van der Waals surface area contributed by atoms with Gasteiger partial charge in [0.2, 0.25) is 6.29 Å². The molecule has 1 aliphatic carbocycles. The molecule has 64 heavy (non-hydrogen) atoms. The second-order valence-electron chi connectivity index (χ2n) is 19.5. The van der Waals surface area contributed by atoms with Crippen molar-refractivity contribution >= 4 is 24.4 Å². The number of rotatable bonds is 17. The Kier molecular flexibility index (Phi) is 19.7. The van der Waals surface area contributed by atoms with E-state index in [9.17, 15) is 49.8 Å². The highest BCUT2D eigenvalue weighted by Gasteiger charge is 2.54. The van der Waals surface area contributed by atoms with Gasteiger partial charge in [-0.05, 0) is 94.6 Å². The Labute approximate surface area is 374 Å². The number of carbonyl (C=O) groups is 4. The van der Waals surface area contributed by atoms with Gasteiger partial charge in [-0.3, -0.25) is 0 Å². The van der Waals surface area contributed by atoms with Crippen LogP contribution in [0.5, 0.6) is 0 Å². The molecule has 2 heterocycles. The van der Waals surface area contributed by atoms with Gasteiger partial charge in [0.25, 0.3) is 0 Å². The fourth-order valence-electron chi connectivity index (χ4n) is 7.31. The molecule has 0 unspecified atom stereocenters. The summed E-state index contributed by atoms with van der Waals surface area (Å²) in [5.74, 6) is 0.379. The van der Waals surface area contributed by atoms with Crippen LogP contribution in [0.2, 0.25) is 0 Å². The monoisotopic (exact) mass is 923 g/mol. The maximum Gasteiger partial charge on any atom is 0.408 e. The summed E-state index contributed by atoms with van der Waals surface area (Å²) >= 11 is 0. The number of likely N-dealkylation sites (N-methyl/N-ethyl adjacent to an activating group) is 1. The van der Waals surface area contributed by atoms with Crippen LogP contribution in [0.3, 0.4) is 0 Å². The predicted molar refractivity (Wildman–Crippen MR) is 227 cm³/mol. The molecule has 4 amide bonds. The third-order valence-corrected chi connectivity index (χ3v) is 10.0. The SMILES string of the molecule is CN(C(=O)O)[C@@H]1[C@@H](O)[C@@H](O[C@@H]2[C@@H](O)[C@H](O[C@H]3OC(CNCCO)=CC[C@H]3NC(=O)OC(C)(C)C)[C@@H](NC(=O)OC(C)(C)C)C[C@H]2NC[C@@H](O)CCNC(=O)OC(C)(C)C)OC[C@]1(C)O. The summed E-state index contributed by atoms with van der Waals surface area (Å²) in [7, 11) is 1.16. The summed E-state index contributed by atoms with van der Waals surface area (Å²) in [6.07, 6.45) is -12.4. The molecule has 0 aromatic carbocycles. The Hall–Kier alpha value is -3.78. The molecule has 0 aromatic rings. The topological polar surface area (TPSA) is 318 Å². The lowest BCUT2D eigenvalue weighted by Crippen LogP contribution is -2.70. The number of carboxylic acid groups (broad SMARTS) is 1. The van der Waals surface area contributed by atoms with Gasteiger partial charge in [-0.15, -0.1) is 0 Å². The van der Waals surface area contributed by atoms with Crippen LogP contribution in [-0.4, -0.2) is 196 Å². The van der Waals surface area contributed by atoms with Gasteiger partial charge < -0.3 is 95.3 Å². The zero-order valence-electron chi connectivity index (χ0n) is 38.9. The standard InChI is InChI=1S/C41H74N6O17/c1-38(2,3)62-34(52)43-15-14-22(49)19-44-25-18-26(46-36(54)64-40(7,8)9)30(27(50)29(25)61-33-28(51)31(47(11)37(55)56)41(10,57)21-58-33)60-32-24(45-35(53)63-39(4,5)6)13-12-23(59-32)20-42-16-17-48/h12,22,24-33,42,44,48-51,57H,13-21H2,1-11H3,(H,43,52)(H,45,53)(H,46,54)(H,55,56)/t22-,24+,25+,26-,27+,28+,29-,30+,31+,32+,33+,41-/m0/s1. The normalized spacial score (nSPS) is 30.5. The van der Waals surface area contributed by atoms with E-state index in [4.69, 9.17) is 33.2 Å². The Morgan fingerprint density at radius 1 is 0.844 bits per heavy atom. The van der Waals surface area contributed by atoms with Gasteiger partial charge >= 0.3 is 24.4 Å².